The van der Waals surface area contributed by atoms with Gasteiger partial charge >= 0.3 is 5.97 Å². The van der Waals surface area contributed by atoms with Crippen molar-refractivity contribution in [3.05, 3.63) is 108 Å². The number of ether oxygens (including phenoxy) is 1. The smallest absolute Gasteiger partial charge is 0.344 e. The molecule has 10 heteroatoms. The van der Waals surface area contributed by atoms with Crippen molar-refractivity contribution in [3.63, 3.8) is 0 Å². The number of nitro groups is 1. The lowest BCUT2D eigenvalue weighted by atomic mass is 10.1. The van der Waals surface area contributed by atoms with E-state index in [1.54, 1.807) is 48.5 Å². The van der Waals surface area contributed by atoms with Crippen molar-refractivity contribution < 1.29 is 24.0 Å². The summed E-state index contributed by atoms with van der Waals surface area (Å²) < 4.78 is 6.22. The molecule has 0 aliphatic carbocycles. The van der Waals surface area contributed by atoms with E-state index >= 15 is 0 Å². The van der Waals surface area contributed by atoms with Crippen molar-refractivity contribution in [1.29, 1.82) is 0 Å². The number of halogens is 1. The van der Waals surface area contributed by atoms with Crippen molar-refractivity contribution >= 4 is 63.2 Å². The van der Waals surface area contributed by atoms with E-state index in [1.165, 1.54) is 24.3 Å². The lowest BCUT2D eigenvalue weighted by Crippen LogP contribution is -2.27. The number of hydrogen-bond acceptors (Lipinski definition) is 7. The number of benzene rings is 3. The van der Waals surface area contributed by atoms with E-state index in [0.717, 1.165) is 20.2 Å². The van der Waals surface area contributed by atoms with Crippen LogP contribution in [0.3, 0.4) is 0 Å². The SMILES string of the molecule is O=C(Oc1cccc(/C=C2\SC(=O)N(Cc3ccccc3[N+](=O)[O-])C2=O)c1)c1ccccc1I. The number of esters is 1. The van der Waals surface area contributed by atoms with Gasteiger partial charge in [0.25, 0.3) is 16.8 Å². The summed E-state index contributed by atoms with van der Waals surface area (Å²) >= 11 is 2.80. The summed E-state index contributed by atoms with van der Waals surface area (Å²) in [5.74, 6) is -0.765. The van der Waals surface area contributed by atoms with Crippen LogP contribution in [0.1, 0.15) is 21.5 Å². The number of rotatable bonds is 6. The standard InChI is InChI=1S/C24H15IN2O6S/c25-19-10-3-2-9-18(19)23(29)33-17-8-5-6-15(12-17)13-21-22(28)26(24(30)34-21)14-16-7-1-4-11-20(16)27(31)32/h1-13H,14H2/b21-13-. The van der Waals surface area contributed by atoms with E-state index < -0.39 is 22.0 Å². The van der Waals surface area contributed by atoms with Gasteiger partial charge in [0, 0.05) is 15.2 Å². The molecule has 3 aromatic rings. The van der Waals surface area contributed by atoms with Gasteiger partial charge in [-0.1, -0.05) is 42.5 Å². The van der Waals surface area contributed by atoms with Crippen molar-refractivity contribution in [2.24, 2.45) is 0 Å². The highest BCUT2D eigenvalue weighted by atomic mass is 127. The molecule has 1 heterocycles. The lowest BCUT2D eigenvalue weighted by Gasteiger charge is -2.12. The molecular formula is C24H15IN2O6S. The molecule has 0 aromatic heterocycles. The average molecular weight is 586 g/mol. The number of nitrogens with zero attached hydrogens (tertiary/aromatic N) is 2. The highest BCUT2D eigenvalue weighted by Gasteiger charge is 2.36. The Kier molecular flexibility index (Phi) is 7.08. The fraction of sp³-hybridized carbons (Fsp3) is 0.0417. The Morgan fingerprint density at radius 1 is 1.06 bits per heavy atom. The normalized spacial score (nSPS) is 14.5. The highest BCUT2D eigenvalue weighted by Crippen LogP contribution is 2.34. The summed E-state index contributed by atoms with van der Waals surface area (Å²) in [6.45, 7) is -0.202. The Bertz CT molecular complexity index is 1360. The van der Waals surface area contributed by atoms with Crippen molar-refractivity contribution in [3.8, 4) is 5.75 Å². The Morgan fingerprint density at radius 2 is 1.79 bits per heavy atom. The van der Waals surface area contributed by atoms with Crippen molar-refractivity contribution in [2.45, 2.75) is 6.54 Å². The Hall–Kier alpha value is -3.51. The Morgan fingerprint density at radius 3 is 2.56 bits per heavy atom. The van der Waals surface area contributed by atoms with Crippen LogP contribution in [0.25, 0.3) is 6.08 Å². The number of carbonyl (C=O) groups is 3. The first-order valence-corrected chi connectivity index (χ1v) is 11.8. The number of carbonyl (C=O) groups excluding carboxylic acids is 3. The number of para-hydroxylation sites is 1. The molecule has 170 valence electrons. The predicted molar refractivity (Wildman–Crippen MR) is 135 cm³/mol. The summed E-state index contributed by atoms with van der Waals surface area (Å²) in [4.78, 5) is 49.6. The van der Waals surface area contributed by atoms with Gasteiger partial charge in [0.05, 0.1) is 21.9 Å². The molecule has 1 saturated heterocycles. The summed E-state index contributed by atoms with van der Waals surface area (Å²) in [5.41, 5.74) is 1.10. The maximum Gasteiger partial charge on any atom is 0.344 e. The molecule has 3 aromatic carbocycles. The minimum atomic E-state index is -0.548. The van der Waals surface area contributed by atoms with Gasteiger partial charge in [-0.15, -0.1) is 0 Å². The molecule has 0 unspecified atom stereocenters. The average Bonchev–Trinajstić information content (AvgIpc) is 3.07. The first-order chi connectivity index (χ1) is 16.3. The third-order valence-corrected chi connectivity index (χ3v) is 6.70. The van der Waals surface area contributed by atoms with Crippen molar-refractivity contribution in [2.75, 3.05) is 0 Å². The van der Waals surface area contributed by atoms with Crippen LogP contribution in [0.2, 0.25) is 0 Å². The summed E-state index contributed by atoms with van der Waals surface area (Å²) in [7, 11) is 0. The summed E-state index contributed by atoms with van der Waals surface area (Å²) in [6.07, 6.45) is 1.52. The van der Waals surface area contributed by atoms with Gasteiger partial charge in [-0.2, -0.15) is 0 Å². The van der Waals surface area contributed by atoms with Gasteiger partial charge in [-0.25, -0.2) is 4.79 Å². The molecule has 0 N–H and O–H groups in total. The lowest BCUT2D eigenvalue weighted by molar-refractivity contribution is -0.385. The molecule has 34 heavy (non-hydrogen) atoms. The minimum Gasteiger partial charge on any atom is -0.423 e. The zero-order chi connectivity index (χ0) is 24.2. The summed E-state index contributed by atoms with van der Waals surface area (Å²) in [6, 6.07) is 19.6. The maximum absolute atomic E-state index is 12.9. The molecule has 1 aliphatic rings. The molecule has 0 radical (unpaired) electrons. The van der Waals surface area contributed by atoms with E-state index in [-0.39, 0.29) is 28.5 Å². The third kappa shape index (κ3) is 5.18. The van der Waals surface area contributed by atoms with E-state index in [1.807, 2.05) is 6.07 Å². The number of imide groups is 1. The third-order valence-electron chi connectivity index (χ3n) is 4.85. The van der Waals surface area contributed by atoms with Gasteiger partial charge in [0.1, 0.15) is 5.75 Å². The van der Waals surface area contributed by atoms with Crippen LogP contribution in [0, 0.1) is 13.7 Å². The monoisotopic (exact) mass is 586 g/mol. The maximum atomic E-state index is 12.9. The molecule has 4 rings (SSSR count). The van der Waals surface area contributed by atoms with Crippen LogP contribution in [0.5, 0.6) is 5.75 Å². The topological polar surface area (TPSA) is 107 Å². The molecule has 2 amide bonds. The molecule has 8 nitrogen and oxygen atoms in total. The van der Waals surface area contributed by atoms with Crippen LogP contribution < -0.4 is 4.74 Å². The van der Waals surface area contributed by atoms with Gasteiger partial charge < -0.3 is 4.74 Å². The van der Waals surface area contributed by atoms with E-state index in [9.17, 15) is 24.5 Å². The van der Waals surface area contributed by atoms with Crippen molar-refractivity contribution in [1.82, 2.24) is 4.90 Å². The first kappa shape index (κ1) is 23.6. The van der Waals surface area contributed by atoms with Gasteiger partial charge in [-0.3, -0.25) is 24.6 Å². The second-order valence-corrected chi connectivity index (χ2v) is 9.25. The van der Waals surface area contributed by atoms with Crippen LogP contribution >= 0.6 is 34.4 Å². The molecule has 1 aliphatic heterocycles. The molecule has 0 spiro atoms. The zero-order valence-electron chi connectivity index (χ0n) is 17.3. The highest BCUT2D eigenvalue weighted by molar-refractivity contribution is 14.1. The number of amides is 2. The fourth-order valence-corrected chi connectivity index (χ4v) is 4.68. The van der Waals surface area contributed by atoms with Crippen LogP contribution in [-0.2, 0) is 11.3 Å². The van der Waals surface area contributed by atoms with Gasteiger partial charge in [-0.05, 0) is 70.3 Å². The Labute approximate surface area is 211 Å². The fourth-order valence-electron chi connectivity index (χ4n) is 3.24. The second kappa shape index (κ2) is 10.2. The second-order valence-electron chi connectivity index (χ2n) is 7.10. The van der Waals surface area contributed by atoms with Gasteiger partial charge in [0.15, 0.2) is 0 Å². The molecule has 1 fully saturated rings. The van der Waals surface area contributed by atoms with Gasteiger partial charge in [0.2, 0.25) is 0 Å². The van der Waals surface area contributed by atoms with E-state index in [0.29, 0.717) is 11.1 Å². The Balaban J connectivity index is 1.52. The number of nitro benzene ring substituents is 1. The first-order valence-electron chi connectivity index (χ1n) is 9.88. The van der Waals surface area contributed by atoms with Crippen LogP contribution in [-0.4, -0.2) is 26.9 Å². The zero-order valence-corrected chi connectivity index (χ0v) is 20.3. The quantitative estimate of drug-likeness (QED) is 0.0917. The van der Waals surface area contributed by atoms with Crippen LogP contribution in [0.15, 0.2) is 77.7 Å². The molecule has 0 saturated carbocycles. The largest absolute Gasteiger partial charge is 0.423 e. The minimum absolute atomic E-state index is 0.159. The number of hydrogen-bond donors (Lipinski definition) is 0. The molecular weight excluding hydrogens is 571 g/mol. The van der Waals surface area contributed by atoms with E-state index in [2.05, 4.69) is 22.6 Å². The molecule has 0 atom stereocenters. The number of thioether (sulfide) groups is 1. The molecule has 0 bridgehead atoms. The van der Waals surface area contributed by atoms with E-state index in [4.69, 9.17) is 4.74 Å². The van der Waals surface area contributed by atoms with Crippen LogP contribution in [0.4, 0.5) is 10.5 Å². The summed E-state index contributed by atoms with van der Waals surface area (Å²) in [5, 5.41) is 10.7. The predicted octanol–water partition coefficient (Wildman–Crippen LogP) is 5.66.